The summed E-state index contributed by atoms with van der Waals surface area (Å²) >= 11 is 1.69. The number of piperidine rings is 1. The lowest BCUT2D eigenvalue weighted by molar-refractivity contribution is -0.151. The first-order valence-electron chi connectivity index (χ1n) is 7.21. The smallest absolute Gasteiger partial charge is 0.310 e. The van der Waals surface area contributed by atoms with Gasteiger partial charge in [-0.1, -0.05) is 13.3 Å². The number of unbranched alkanes of at least 4 members (excludes halogenated alkanes) is 1. The van der Waals surface area contributed by atoms with E-state index >= 15 is 0 Å². The van der Waals surface area contributed by atoms with E-state index in [1.807, 2.05) is 11.8 Å². The molecule has 0 saturated carbocycles. The van der Waals surface area contributed by atoms with Gasteiger partial charge >= 0.3 is 5.97 Å². The third-order valence-electron chi connectivity index (χ3n) is 3.26. The van der Waals surface area contributed by atoms with Gasteiger partial charge in [-0.25, -0.2) is 0 Å². The molecule has 0 aromatic rings. The summed E-state index contributed by atoms with van der Waals surface area (Å²) in [6.07, 6.45) is 4.06. The Morgan fingerprint density at radius 1 is 1.37 bits per heavy atom. The van der Waals surface area contributed by atoms with Crippen LogP contribution in [0.3, 0.4) is 0 Å². The molecule has 0 bridgehead atoms. The number of amides is 1. The Kier molecular flexibility index (Phi) is 7.94. The van der Waals surface area contributed by atoms with E-state index in [-0.39, 0.29) is 17.8 Å². The second-order valence-corrected chi connectivity index (χ2v) is 5.94. The van der Waals surface area contributed by atoms with E-state index in [0.717, 1.165) is 38.0 Å². The van der Waals surface area contributed by atoms with Gasteiger partial charge in [-0.05, 0) is 31.9 Å². The molecule has 1 saturated heterocycles. The molecular weight excluding hydrogens is 262 g/mol. The fourth-order valence-electron chi connectivity index (χ4n) is 2.15. The number of nitrogens with zero attached hydrogens (tertiary/aromatic N) is 1. The topological polar surface area (TPSA) is 46.6 Å². The van der Waals surface area contributed by atoms with Crippen molar-refractivity contribution in [2.45, 2.75) is 39.5 Å². The predicted molar refractivity (Wildman–Crippen MR) is 78.2 cm³/mol. The van der Waals surface area contributed by atoms with Crippen molar-refractivity contribution < 1.29 is 14.3 Å². The Morgan fingerprint density at radius 3 is 2.84 bits per heavy atom. The summed E-state index contributed by atoms with van der Waals surface area (Å²) in [5.41, 5.74) is 0. The minimum absolute atomic E-state index is 0.127. The molecular formula is C14H25NO3S. The Morgan fingerprint density at radius 2 is 2.16 bits per heavy atom. The molecule has 0 unspecified atom stereocenters. The first-order chi connectivity index (χ1) is 9.19. The summed E-state index contributed by atoms with van der Waals surface area (Å²) in [7, 11) is 0. The number of rotatable bonds is 7. The highest BCUT2D eigenvalue weighted by Gasteiger charge is 2.28. The molecule has 1 aliphatic heterocycles. The summed E-state index contributed by atoms with van der Waals surface area (Å²) in [5.74, 6) is 1.46. The summed E-state index contributed by atoms with van der Waals surface area (Å²) < 4.78 is 5.04. The second-order valence-electron chi connectivity index (χ2n) is 4.84. The lowest BCUT2D eigenvalue weighted by Crippen LogP contribution is -2.43. The maximum Gasteiger partial charge on any atom is 0.310 e. The molecule has 0 N–H and O–H groups in total. The van der Waals surface area contributed by atoms with Crippen molar-refractivity contribution in [2.24, 2.45) is 5.92 Å². The summed E-state index contributed by atoms with van der Waals surface area (Å²) in [4.78, 5) is 25.6. The first-order valence-corrected chi connectivity index (χ1v) is 8.36. The van der Waals surface area contributed by atoms with Gasteiger partial charge in [0.2, 0.25) is 5.91 Å². The van der Waals surface area contributed by atoms with Gasteiger partial charge in [0.25, 0.3) is 0 Å². The quantitative estimate of drug-likeness (QED) is 0.532. The molecule has 0 aromatic carbocycles. The highest BCUT2D eigenvalue weighted by Crippen LogP contribution is 2.19. The van der Waals surface area contributed by atoms with Crippen LogP contribution in [0.15, 0.2) is 0 Å². The largest absolute Gasteiger partial charge is 0.466 e. The molecule has 0 aromatic heterocycles. The minimum atomic E-state index is -0.154. The van der Waals surface area contributed by atoms with Gasteiger partial charge in [-0.3, -0.25) is 9.59 Å². The van der Waals surface area contributed by atoms with Crippen LogP contribution < -0.4 is 0 Å². The van der Waals surface area contributed by atoms with E-state index in [4.69, 9.17) is 4.74 Å². The van der Waals surface area contributed by atoms with Crippen LogP contribution in [0.5, 0.6) is 0 Å². The molecule has 19 heavy (non-hydrogen) atoms. The van der Waals surface area contributed by atoms with Gasteiger partial charge in [0.1, 0.15) is 0 Å². The zero-order valence-corrected chi connectivity index (χ0v) is 12.8. The number of likely N-dealkylation sites (tertiary alicyclic amines) is 1. The third-order valence-corrected chi connectivity index (χ3v) is 4.29. The minimum Gasteiger partial charge on any atom is -0.466 e. The molecule has 110 valence electrons. The van der Waals surface area contributed by atoms with E-state index in [9.17, 15) is 9.59 Å². The van der Waals surface area contributed by atoms with Crippen molar-refractivity contribution in [2.75, 3.05) is 31.2 Å². The van der Waals surface area contributed by atoms with E-state index in [0.29, 0.717) is 18.9 Å². The van der Waals surface area contributed by atoms with Crippen LogP contribution in [-0.2, 0) is 14.3 Å². The summed E-state index contributed by atoms with van der Waals surface area (Å²) in [5, 5.41) is 0. The normalized spacial score (nSPS) is 19.3. The number of thioether (sulfide) groups is 1. The third kappa shape index (κ3) is 5.85. The van der Waals surface area contributed by atoms with Crippen LogP contribution in [0.1, 0.15) is 39.5 Å². The van der Waals surface area contributed by atoms with Crippen molar-refractivity contribution in [1.29, 1.82) is 0 Å². The maximum atomic E-state index is 12.0. The number of carbonyl (C=O) groups is 2. The van der Waals surface area contributed by atoms with E-state index in [1.165, 1.54) is 0 Å². The lowest BCUT2D eigenvalue weighted by Gasteiger charge is -2.31. The maximum absolute atomic E-state index is 12.0. The zero-order valence-electron chi connectivity index (χ0n) is 12.0. The predicted octanol–water partition coefficient (Wildman–Crippen LogP) is 2.32. The van der Waals surface area contributed by atoms with Crippen molar-refractivity contribution in [1.82, 2.24) is 4.90 Å². The Hall–Kier alpha value is -0.710. The van der Waals surface area contributed by atoms with Gasteiger partial charge in [0.15, 0.2) is 0 Å². The first kappa shape index (κ1) is 16.3. The Balaban J connectivity index is 2.32. The van der Waals surface area contributed by atoms with E-state index < -0.39 is 0 Å². The van der Waals surface area contributed by atoms with Crippen LogP contribution in [0.4, 0.5) is 0 Å². The molecule has 1 aliphatic rings. The highest BCUT2D eigenvalue weighted by molar-refractivity contribution is 7.99. The summed E-state index contributed by atoms with van der Waals surface area (Å²) in [6.45, 7) is 5.69. The molecule has 0 radical (unpaired) electrons. The van der Waals surface area contributed by atoms with Crippen molar-refractivity contribution >= 4 is 23.6 Å². The average Bonchev–Trinajstić information content (AvgIpc) is 2.44. The molecule has 4 nitrogen and oxygen atoms in total. The molecule has 1 amide bonds. The lowest BCUT2D eigenvalue weighted by atomic mass is 9.98. The standard InChI is InChI=1S/C14H25NO3S/c1-3-5-9-19-11-13(16)15-8-6-7-12(10-15)14(17)18-4-2/h12H,3-11H2,1-2H3/t12-/m1/s1. The van der Waals surface area contributed by atoms with Gasteiger partial charge in [-0.15, -0.1) is 0 Å². The van der Waals surface area contributed by atoms with Crippen LogP contribution in [0, 0.1) is 5.92 Å². The zero-order chi connectivity index (χ0) is 14.1. The fraction of sp³-hybridized carbons (Fsp3) is 0.857. The highest BCUT2D eigenvalue weighted by atomic mass is 32.2. The van der Waals surface area contributed by atoms with Crippen LogP contribution in [0.25, 0.3) is 0 Å². The number of hydrogen-bond acceptors (Lipinski definition) is 4. The van der Waals surface area contributed by atoms with Gasteiger partial charge in [-0.2, -0.15) is 11.8 Å². The SMILES string of the molecule is CCCCSCC(=O)N1CCC[C@@H](C(=O)OCC)C1. The van der Waals surface area contributed by atoms with E-state index in [2.05, 4.69) is 6.92 Å². The molecule has 1 atom stereocenters. The fourth-order valence-corrected chi connectivity index (χ4v) is 3.15. The number of hydrogen-bond donors (Lipinski definition) is 0. The van der Waals surface area contributed by atoms with Crippen molar-refractivity contribution in [3.05, 3.63) is 0 Å². The van der Waals surface area contributed by atoms with Gasteiger partial charge < -0.3 is 9.64 Å². The van der Waals surface area contributed by atoms with E-state index in [1.54, 1.807) is 11.8 Å². The Bertz CT molecular complexity index is 296. The Labute approximate surface area is 120 Å². The molecule has 1 rings (SSSR count). The van der Waals surface area contributed by atoms with Crippen LogP contribution in [-0.4, -0.2) is 48.0 Å². The number of carbonyl (C=O) groups excluding carboxylic acids is 2. The van der Waals surface area contributed by atoms with Crippen LogP contribution in [0.2, 0.25) is 0 Å². The molecule has 0 spiro atoms. The van der Waals surface area contributed by atoms with Crippen molar-refractivity contribution in [3.8, 4) is 0 Å². The monoisotopic (exact) mass is 287 g/mol. The average molecular weight is 287 g/mol. The van der Waals surface area contributed by atoms with Gasteiger partial charge in [0.05, 0.1) is 18.3 Å². The molecule has 0 aliphatic carbocycles. The number of esters is 1. The van der Waals surface area contributed by atoms with Gasteiger partial charge in [0, 0.05) is 13.1 Å². The summed E-state index contributed by atoms with van der Waals surface area (Å²) in [6, 6.07) is 0. The molecule has 1 heterocycles. The molecule has 5 heteroatoms. The second kappa shape index (κ2) is 9.23. The van der Waals surface area contributed by atoms with Crippen molar-refractivity contribution in [3.63, 3.8) is 0 Å². The molecule has 1 fully saturated rings. The van der Waals surface area contributed by atoms with Crippen LogP contribution >= 0.6 is 11.8 Å². The number of ether oxygens (including phenoxy) is 1.